The van der Waals surface area contributed by atoms with Crippen LogP contribution in [0.15, 0.2) is 24.3 Å². The van der Waals surface area contributed by atoms with Crippen molar-refractivity contribution < 1.29 is 11.0 Å². The van der Waals surface area contributed by atoms with Gasteiger partial charge in [0.15, 0.2) is 0 Å². The van der Waals surface area contributed by atoms with Gasteiger partial charge in [-0.15, -0.1) is 0 Å². The van der Waals surface area contributed by atoms with E-state index in [1.54, 1.807) is 0 Å². The molecular formula is C20H30N2O2. The third-order valence-electron chi connectivity index (χ3n) is 5.32. The van der Waals surface area contributed by atoms with E-state index in [4.69, 9.17) is 0 Å². The number of imide groups is 1. The highest BCUT2D eigenvalue weighted by Crippen LogP contribution is 2.30. The highest BCUT2D eigenvalue weighted by molar-refractivity contribution is 6.00. The van der Waals surface area contributed by atoms with Crippen molar-refractivity contribution in [3.8, 4) is 0 Å². The SMILES string of the molecule is CC(C)CC1CCN(c2ccc(C3CCC(=O)NC3=O)cc2)CC1.[HH]. The van der Waals surface area contributed by atoms with Crippen molar-refractivity contribution in [2.75, 3.05) is 18.0 Å². The molecule has 2 heterocycles. The molecule has 24 heavy (non-hydrogen) atoms. The van der Waals surface area contributed by atoms with Gasteiger partial charge in [0, 0.05) is 26.6 Å². The quantitative estimate of drug-likeness (QED) is 0.856. The van der Waals surface area contributed by atoms with E-state index in [1.807, 2.05) is 0 Å². The van der Waals surface area contributed by atoms with Crippen molar-refractivity contribution in [1.82, 2.24) is 5.32 Å². The average Bonchev–Trinajstić information content (AvgIpc) is 2.55. The molecule has 0 aromatic heterocycles. The van der Waals surface area contributed by atoms with Crippen molar-refractivity contribution >= 4 is 17.5 Å². The molecule has 4 nitrogen and oxygen atoms in total. The Morgan fingerprint density at radius 2 is 1.79 bits per heavy atom. The van der Waals surface area contributed by atoms with Crippen molar-refractivity contribution in [3.05, 3.63) is 29.8 Å². The minimum absolute atomic E-state index is 0. The molecule has 132 valence electrons. The first-order chi connectivity index (χ1) is 11.5. The molecule has 0 bridgehead atoms. The van der Waals surface area contributed by atoms with Crippen LogP contribution in [0, 0.1) is 11.8 Å². The van der Waals surface area contributed by atoms with E-state index in [9.17, 15) is 9.59 Å². The lowest BCUT2D eigenvalue weighted by atomic mass is 9.88. The Morgan fingerprint density at radius 3 is 2.38 bits per heavy atom. The highest BCUT2D eigenvalue weighted by atomic mass is 16.2. The van der Waals surface area contributed by atoms with Crippen molar-refractivity contribution in [1.29, 1.82) is 0 Å². The smallest absolute Gasteiger partial charge is 0.234 e. The van der Waals surface area contributed by atoms with E-state index in [-0.39, 0.29) is 19.2 Å². The van der Waals surface area contributed by atoms with Crippen LogP contribution < -0.4 is 10.2 Å². The zero-order chi connectivity index (χ0) is 17.1. The molecule has 0 radical (unpaired) electrons. The van der Waals surface area contributed by atoms with Gasteiger partial charge in [0.2, 0.25) is 11.8 Å². The summed E-state index contributed by atoms with van der Waals surface area (Å²) < 4.78 is 0. The summed E-state index contributed by atoms with van der Waals surface area (Å²) in [5.74, 6) is 1.15. The Morgan fingerprint density at radius 1 is 1.12 bits per heavy atom. The predicted molar refractivity (Wildman–Crippen MR) is 98.1 cm³/mol. The lowest BCUT2D eigenvalue weighted by Gasteiger charge is -2.34. The number of carbonyl (C=O) groups excluding carboxylic acids is 2. The number of rotatable bonds is 4. The molecule has 0 aliphatic carbocycles. The third kappa shape index (κ3) is 3.97. The number of piperidine rings is 2. The number of carbonyl (C=O) groups is 2. The molecule has 1 unspecified atom stereocenters. The Labute approximate surface area is 146 Å². The van der Waals surface area contributed by atoms with E-state index in [0.717, 1.165) is 30.5 Å². The fraction of sp³-hybridized carbons (Fsp3) is 0.600. The molecular weight excluding hydrogens is 300 g/mol. The number of hydrogen-bond donors (Lipinski definition) is 1. The van der Waals surface area contributed by atoms with Crippen molar-refractivity contribution in [2.45, 2.75) is 51.9 Å². The van der Waals surface area contributed by atoms with Crippen LogP contribution in [0.1, 0.15) is 58.9 Å². The summed E-state index contributed by atoms with van der Waals surface area (Å²) in [5, 5.41) is 2.44. The molecule has 2 aliphatic heterocycles. The summed E-state index contributed by atoms with van der Waals surface area (Å²) in [6, 6.07) is 8.36. The van der Waals surface area contributed by atoms with Crippen LogP contribution in [0.4, 0.5) is 5.69 Å². The average molecular weight is 330 g/mol. The molecule has 2 fully saturated rings. The molecule has 2 amide bonds. The summed E-state index contributed by atoms with van der Waals surface area (Å²) in [6.07, 6.45) is 4.93. The molecule has 2 saturated heterocycles. The maximum atomic E-state index is 12.0. The molecule has 0 saturated carbocycles. The van der Waals surface area contributed by atoms with Gasteiger partial charge in [-0.25, -0.2) is 0 Å². The molecule has 0 spiro atoms. The van der Waals surface area contributed by atoms with E-state index in [1.165, 1.54) is 24.9 Å². The minimum atomic E-state index is -0.187. The van der Waals surface area contributed by atoms with Gasteiger partial charge in [0.1, 0.15) is 0 Å². The first kappa shape index (κ1) is 17.0. The van der Waals surface area contributed by atoms with Crippen LogP contribution in [0.2, 0.25) is 0 Å². The van der Waals surface area contributed by atoms with Crippen LogP contribution in [-0.4, -0.2) is 24.9 Å². The summed E-state index contributed by atoms with van der Waals surface area (Å²) in [7, 11) is 0. The van der Waals surface area contributed by atoms with E-state index < -0.39 is 0 Å². The Kier molecular flexibility index (Phi) is 5.22. The van der Waals surface area contributed by atoms with Crippen LogP contribution in [-0.2, 0) is 9.59 Å². The number of hydrogen-bond acceptors (Lipinski definition) is 3. The zero-order valence-corrected chi connectivity index (χ0v) is 14.8. The van der Waals surface area contributed by atoms with Crippen molar-refractivity contribution in [2.24, 2.45) is 11.8 Å². The Balaban J connectivity index is 0.00000225. The van der Waals surface area contributed by atoms with Gasteiger partial charge in [-0.05, 0) is 55.2 Å². The number of amides is 2. The molecule has 3 rings (SSSR count). The van der Waals surface area contributed by atoms with Crippen LogP contribution in [0.3, 0.4) is 0 Å². The fourth-order valence-corrected chi connectivity index (χ4v) is 4.02. The summed E-state index contributed by atoms with van der Waals surface area (Å²) >= 11 is 0. The largest absolute Gasteiger partial charge is 0.372 e. The second kappa shape index (κ2) is 7.37. The molecule has 2 aliphatic rings. The van der Waals surface area contributed by atoms with Gasteiger partial charge in [0.05, 0.1) is 5.92 Å². The van der Waals surface area contributed by atoms with Gasteiger partial charge in [-0.1, -0.05) is 26.0 Å². The molecule has 1 aromatic carbocycles. The maximum Gasteiger partial charge on any atom is 0.234 e. The molecule has 1 aromatic rings. The van der Waals surface area contributed by atoms with E-state index in [2.05, 4.69) is 48.3 Å². The van der Waals surface area contributed by atoms with Crippen LogP contribution in [0.5, 0.6) is 0 Å². The van der Waals surface area contributed by atoms with E-state index >= 15 is 0 Å². The van der Waals surface area contributed by atoms with Crippen LogP contribution in [0.25, 0.3) is 0 Å². The highest BCUT2D eigenvalue weighted by Gasteiger charge is 2.28. The number of nitrogens with one attached hydrogen (secondary N) is 1. The second-order valence-electron chi connectivity index (χ2n) is 7.66. The molecule has 4 heteroatoms. The minimum Gasteiger partial charge on any atom is -0.372 e. The standard InChI is InChI=1S/C20H28N2O2.H2/c1-14(2)13-15-9-11-22(12-10-15)17-5-3-16(4-6-17)18-7-8-19(23)21-20(18)24;/h3-6,14-15,18H,7-13H2,1-2H3,(H,21,23,24);1H. The summed E-state index contributed by atoms with van der Waals surface area (Å²) in [6.45, 7) is 6.85. The third-order valence-corrected chi connectivity index (χ3v) is 5.32. The number of anilines is 1. The summed E-state index contributed by atoms with van der Waals surface area (Å²) in [4.78, 5) is 25.7. The van der Waals surface area contributed by atoms with Gasteiger partial charge in [-0.3, -0.25) is 14.9 Å². The zero-order valence-electron chi connectivity index (χ0n) is 14.8. The first-order valence-electron chi connectivity index (χ1n) is 9.21. The van der Waals surface area contributed by atoms with Gasteiger partial charge >= 0.3 is 0 Å². The Hall–Kier alpha value is -1.84. The van der Waals surface area contributed by atoms with Crippen molar-refractivity contribution in [3.63, 3.8) is 0 Å². The van der Waals surface area contributed by atoms with Gasteiger partial charge < -0.3 is 4.90 Å². The van der Waals surface area contributed by atoms with Crippen LogP contribution >= 0.6 is 0 Å². The predicted octanol–water partition coefficient (Wildman–Crippen LogP) is 3.72. The lowest BCUT2D eigenvalue weighted by molar-refractivity contribution is -0.134. The molecule has 1 atom stereocenters. The van der Waals surface area contributed by atoms with Gasteiger partial charge in [0.25, 0.3) is 0 Å². The first-order valence-corrected chi connectivity index (χ1v) is 9.21. The normalized spacial score (nSPS) is 22.8. The Bertz CT molecular complexity index is 592. The molecule has 1 N–H and O–H groups in total. The lowest BCUT2D eigenvalue weighted by Crippen LogP contribution is -2.39. The maximum absolute atomic E-state index is 12.0. The summed E-state index contributed by atoms with van der Waals surface area (Å²) in [5.41, 5.74) is 2.26. The fourth-order valence-electron chi connectivity index (χ4n) is 4.02. The number of nitrogens with zero attached hydrogens (tertiary/aromatic N) is 1. The van der Waals surface area contributed by atoms with Gasteiger partial charge in [-0.2, -0.15) is 0 Å². The van der Waals surface area contributed by atoms with E-state index in [0.29, 0.717) is 12.8 Å². The monoisotopic (exact) mass is 330 g/mol. The topological polar surface area (TPSA) is 49.4 Å². The second-order valence-corrected chi connectivity index (χ2v) is 7.66. The number of benzene rings is 1.